The first-order chi connectivity index (χ1) is 5.18. The molecule has 1 unspecified atom stereocenters. The predicted octanol–water partition coefficient (Wildman–Crippen LogP) is 0.707. The topological polar surface area (TPSA) is 23.5 Å². The molecule has 3 aliphatic rings. The monoisotopic (exact) mass is 155 g/mol. The molecule has 2 heterocycles. The standard InChI is InChI=1S/C9H17NO/c1-6(2)10-4-7-3-8(5-10)9(7)11/h6-9,11H,3-5H2,1-2H3/t7-,8+,9?. The summed E-state index contributed by atoms with van der Waals surface area (Å²) in [6.07, 6.45) is 1.30. The van der Waals surface area contributed by atoms with Crippen LogP contribution >= 0.6 is 0 Å². The van der Waals surface area contributed by atoms with E-state index in [1.54, 1.807) is 0 Å². The summed E-state index contributed by atoms with van der Waals surface area (Å²) < 4.78 is 0. The molecule has 0 spiro atoms. The Morgan fingerprint density at radius 2 is 1.82 bits per heavy atom. The summed E-state index contributed by atoms with van der Waals surface area (Å²) in [6, 6.07) is 0.660. The molecule has 0 aromatic rings. The fourth-order valence-corrected chi connectivity index (χ4v) is 2.32. The lowest BCUT2D eigenvalue weighted by molar-refractivity contribution is -0.114. The summed E-state index contributed by atoms with van der Waals surface area (Å²) in [5.41, 5.74) is 0. The molecule has 0 amide bonds. The van der Waals surface area contributed by atoms with Gasteiger partial charge in [-0.05, 0) is 32.1 Å². The Morgan fingerprint density at radius 3 is 2.18 bits per heavy atom. The van der Waals surface area contributed by atoms with E-state index in [1.165, 1.54) is 6.42 Å². The van der Waals surface area contributed by atoms with Crippen molar-refractivity contribution in [2.45, 2.75) is 32.4 Å². The molecule has 0 aromatic carbocycles. The molecule has 3 atom stereocenters. The maximum absolute atomic E-state index is 9.50. The highest BCUT2D eigenvalue weighted by Crippen LogP contribution is 2.40. The minimum atomic E-state index is 0.0324. The molecule has 2 heteroatoms. The number of aliphatic hydroxyl groups is 1. The van der Waals surface area contributed by atoms with Crippen LogP contribution in [0.1, 0.15) is 20.3 Å². The summed E-state index contributed by atoms with van der Waals surface area (Å²) >= 11 is 0. The number of hydrogen-bond acceptors (Lipinski definition) is 2. The molecular formula is C9H17NO. The van der Waals surface area contributed by atoms with Crippen LogP contribution < -0.4 is 0 Å². The summed E-state index contributed by atoms with van der Waals surface area (Å²) in [6.45, 7) is 6.71. The van der Waals surface area contributed by atoms with Gasteiger partial charge in [0, 0.05) is 19.1 Å². The van der Waals surface area contributed by atoms with Gasteiger partial charge in [0.25, 0.3) is 0 Å². The van der Waals surface area contributed by atoms with E-state index in [-0.39, 0.29) is 6.10 Å². The second kappa shape index (κ2) is 2.46. The number of nitrogens with zero attached hydrogens (tertiary/aromatic N) is 1. The van der Waals surface area contributed by atoms with Gasteiger partial charge in [-0.2, -0.15) is 0 Å². The zero-order valence-corrected chi connectivity index (χ0v) is 7.33. The average Bonchev–Trinajstić information content (AvgIpc) is 2.03. The van der Waals surface area contributed by atoms with Crippen molar-refractivity contribution in [2.75, 3.05) is 13.1 Å². The van der Waals surface area contributed by atoms with Gasteiger partial charge in [0.2, 0.25) is 0 Å². The van der Waals surface area contributed by atoms with E-state index in [2.05, 4.69) is 18.7 Å². The SMILES string of the molecule is CC(C)N1C[C@H]2C[C@@H](C1)C2O. The fourth-order valence-electron chi connectivity index (χ4n) is 2.32. The van der Waals surface area contributed by atoms with Crippen molar-refractivity contribution >= 4 is 0 Å². The first-order valence-corrected chi connectivity index (χ1v) is 4.60. The lowest BCUT2D eigenvalue weighted by Crippen LogP contribution is -2.59. The molecule has 64 valence electrons. The fraction of sp³-hybridized carbons (Fsp3) is 1.00. The van der Waals surface area contributed by atoms with Crippen molar-refractivity contribution in [1.82, 2.24) is 4.90 Å². The van der Waals surface area contributed by atoms with Crippen LogP contribution in [0, 0.1) is 11.8 Å². The third kappa shape index (κ3) is 1.09. The summed E-state index contributed by atoms with van der Waals surface area (Å²) in [4.78, 5) is 2.48. The highest BCUT2D eigenvalue weighted by Gasteiger charge is 2.45. The number of aliphatic hydroxyl groups excluding tert-OH is 1. The van der Waals surface area contributed by atoms with Crippen molar-refractivity contribution in [1.29, 1.82) is 0 Å². The summed E-state index contributed by atoms with van der Waals surface area (Å²) in [5.74, 6) is 1.19. The molecule has 2 bridgehead atoms. The second-order valence-electron chi connectivity index (χ2n) is 4.29. The van der Waals surface area contributed by atoms with Gasteiger partial charge in [-0.3, -0.25) is 0 Å². The number of hydrogen-bond donors (Lipinski definition) is 1. The van der Waals surface area contributed by atoms with Crippen LogP contribution in [-0.4, -0.2) is 35.2 Å². The predicted molar refractivity (Wildman–Crippen MR) is 44.3 cm³/mol. The van der Waals surface area contributed by atoms with Crippen LogP contribution in [0.2, 0.25) is 0 Å². The molecule has 1 saturated carbocycles. The third-order valence-electron chi connectivity index (χ3n) is 3.24. The number of fused-ring (bicyclic) bond motifs is 2. The van der Waals surface area contributed by atoms with Crippen molar-refractivity contribution in [3.05, 3.63) is 0 Å². The molecule has 1 aliphatic carbocycles. The minimum absolute atomic E-state index is 0.0324. The highest BCUT2D eigenvalue weighted by atomic mass is 16.3. The van der Waals surface area contributed by atoms with Crippen LogP contribution in [0.25, 0.3) is 0 Å². The number of piperidine rings is 2. The van der Waals surface area contributed by atoms with Gasteiger partial charge < -0.3 is 10.0 Å². The highest BCUT2D eigenvalue weighted by molar-refractivity contribution is 4.97. The molecule has 0 aromatic heterocycles. The van der Waals surface area contributed by atoms with E-state index in [0.717, 1.165) is 13.1 Å². The molecule has 3 fully saturated rings. The van der Waals surface area contributed by atoms with Gasteiger partial charge in [0.15, 0.2) is 0 Å². The Bertz CT molecular complexity index is 146. The average molecular weight is 155 g/mol. The van der Waals surface area contributed by atoms with Gasteiger partial charge >= 0.3 is 0 Å². The molecule has 11 heavy (non-hydrogen) atoms. The molecule has 3 rings (SSSR count). The second-order valence-corrected chi connectivity index (χ2v) is 4.29. The maximum atomic E-state index is 9.50. The van der Waals surface area contributed by atoms with Crippen LogP contribution in [0.15, 0.2) is 0 Å². The molecule has 2 aliphatic heterocycles. The van der Waals surface area contributed by atoms with E-state index < -0.39 is 0 Å². The van der Waals surface area contributed by atoms with E-state index in [9.17, 15) is 5.11 Å². The molecule has 2 saturated heterocycles. The van der Waals surface area contributed by atoms with Crippen LogP contribution in [-0.2, 0) is 0 Å². The number of rotatable bonds is 1. The molecular weight excluding hydrogens is 138 g/mol. The molecule has 2 nitrogen and oxygen atoms in total. The van der Waals surface area contributed by atoms with E-state index in [4.69, 9.17) is 0 Å². The lowest BCUT2D eigenvalue weighted by Gasteiger charge is -2.52. The zero-order valence-electron chi connectivity index (χ0n) is 7.33. The van der Waals surface area contributed by atoms with E-state index >= 15 is 0 Å². The first kappa shape index (κ1) is 7.56. The lowest BCUT2D eigenvalue weighted by atomic mass is 9.68. The largest absolute Gasteiger partial charge is 0.392 e. The normalized spacial score (nSPS) is 44.2. The Kier molecular flexibility index (Phi) is 1.69. The van der Waals surface area contributed by atoms with E-state index in [1.807, 2.05) is 0 Å². The summed E-state index contributed by atoms with van der Waals surface area (Å²) in [5, 5.41) is 9.50. The quantitative estimate of drug-likeness (QED) is 0.602. The van der Waals surface area contributed by atoms with Crippen molar-refractivity contribution < 1.29 is 5.11 Å². The van der Waals surface area contributed by atoms with E-state index in [0.29, 0.717) is 17.9 Å². The van der Waals surface area contributed by atoms with Crippen molar-refractivity contribution in [3.63, 3.8) is 0 Å². The van der Waals surface area contributed by atoms with Gasteiger partial charge in [-0.25, -0.2) is 0 Å². The van der Waals surface area contributed by atoms with Crippen LogP contribution in [0.5, 0.6) is 0 Å². The molecule has 1 N–H and O–H groups in total. The Balaban J connectivity index is 1.94. The Labute approximate surface area is 68.2 Å². The summed E-state index contributed by atoms with van der Waals surface area (Å²) in [7, 11) is 0. The maximum Gasteiger partial charge on any atom is 0.0621 e. The van der Waals surface area contributed by atoms with Gasteiger partial charge in [0.05, 0.1) is 6.10 Å². The Morgan fingerprint density at radius 1 is 1.27 bits per heavy atom. The first-order valence-electron chi connectivity index (χ1n) is 4.60. The minimum Gasteiger partial charge on any atom is -0.392 e. The Hall–Kier alpha value is -0.0800. The van der Waals surface area contributed by atoms with Crippen LogP contribution in [0.4, 0.5) is 0 Å². The van der Waals surface area contributed by atoms with Gasteiger partial charge in [0.1, 0.15) is 0 Å². The van der Waals surface area contributed by atoms with Crippen molar-refractivity contribution in [3.8, 4) is 0 Å². The third-order valence-corrected chi connectivity index (χ3v) is 3.24. The van der Waals surface area contributed by atoms with Crippen LogP contribution in [0.3, 0.4) is 0 Å². The van der Waals surface area contributed by atoms with Gasteiger partial charge in [-0.15, -0.1) is 0 Å². The molecule has 0 radical (unpaired) electrons. The van der Waals surface area contributed by atoms with Crippen molar-refractivity contribution in [2.24, 2.45) is 11.8 Å². The zero-order chi connectivity index (χ0) is 8.01. The smallest absolute Gasteiger partial charge is 0.0621 e. The van der Waals surface area contributed by atoms with Gasteiger partial charge in [-0.1, -0.05) is 0 Å².